The van der Waals surface area contributed by atoms with Crippen LogP contribution in [-0.2, 0) is 0 Å². The zero-order valence-electron chi connectivity index (χ0n) is 13.5. The normalized spacial score (nSPS) is 10.3. The summed E-state index contributed by atoms with van der Waals surface area (Å²) in [4.78, 5) is 14.2. The lowest BCUT2D eigenvalue weighted by molar-refractivity contribution is 0.0993. The maximum absolute atomic E-state index is 12.6. The molecule has 0 atom stereocenters. The van der Waals surface area contributed by atoms with Crippen LogP contribution >= 0.6 is 0 Å². The van der Waals surface area contributed by atoms with Gasteiger partial charge in [-0.3, -0.25) is 4.79 Å². The van der Waals surface area contributed by atoms with Crippen LogP contribution in [0.15, 0.2) is 54.6 Å². The third-order valence-corrected chi connectivity index (χ3v) is 3.72. The monoisotopic (exact) mass is 312 g/mol. The van der Waals surface area contributed by atoms with E-state index in [9.17, 15) is 4.79 Å². The molecule has 4 nitrogen and oxygen atoms in total. The largest absolute Gasteiger partial charge is 0.396 e. The third kappa shape index (κ3) is 5.11. The number of carbonyl (C=O) groups excluding carboxylic acids is 1. The van der Waals surface area contributed by atoms with Crippen molar-refractivity contribution < 1.29 is 9.90 Å². The molecule has 0 aliphatic rings. The number of hydrogen-bond acceptors (Lipinski definition) is 3. The molecule has 0 unspecified atom stereocenters. The minimum Gasteiger partial charge on any atom is -0.396 e. The molecule has 23 heavy (non-hydrogen) atoms. The molecular formula is C19H24N2O2. The number of carbonyl (C=O) groups is 1. The van der Waals surface area contributed by atoms with Gasteiger partial charge in [0.05, 0.1) is 0 Å². The van der Waals surface area contributed by atoms with E-state index in [0.29, 0.717) is 5.56 Å². The van der Waals surface area contributed by atoms with E-state index in [1.807, 2.05) is 54.6 Å². The molecule has 0 aliphatic heterocycles. The Morgan fingerprint density at radius 1 is 1.04 bits per heavy atom. The van der Waals surface area contributed by atoms with Crippen molar-refractivity contribution in [1.82, 2.24) is 0 Å². The van der Waals surface area contributed by atoms with Crippen molar-refractivity contribution in [3.63, 3.8) is 0 Å². The lowest BCUT2D eigenvalue weighted by Crippen LogP contribution is -2.26. The van der Waals surface area contributed by atoms with Gasteiger partial charge in [-0.1, -0.05) is 24.3 Å². The highest BCUT2D eigenvalue weighted by molar-refractivity contribution is 6.06. The van der Waals surface area contributed by atoms with Crippen LogP contribution in [0.4, 0.5) is 11.4 Å². The first-order valence-electron chi connectivity index (χ1n) is 8.00. The van der Waals surface area contributed by atoms with Crippen LogP contribution in [-0.4, -0.2) is 31.2 Å². The van der Waals surface area contributed by atoms with Crippen molar-refractivity contribution in [2.24, 2.45) is 0 Å². The highest BCUT2D eigenvalue weighted by atomic mass is 16.2. The second kappa shape index (κ2) is 8.96. The minimum atomic E-state index is -0.0277. The van der Waals surface area contributed by atoms with Crippen molar-refractivity contribution in [1.29, 1.82) is 0 Å². The van der Waals surface area contributed by atoms with E-state index >= 15 is 0 Å². The highest BCUT2D eigenvalue weighted by Gasteiger charge is 2.13. The van der Waals surface area contributed by atoms with Gasteiger partial charge in [-0.2, -0.15) is 0 Å². The Kier molecular flexibility index (Phi) is 6.63. The smallest absolute Gasteiger partial charge is 0.258 e. The molecule has 1 amide bonds. The maximum atomic E-state index is 12.6. The molecule has 2 N–H and O–H groups in total. The Hall–Kier alpha value is -2.33. The second-order valence-electron chi connectivity index (χ2n) is 5.49. The summed E-state index contributed by atoms with van der Waals surface area (Å²) in [7, 11) is 1.78. The van der Waals surface area contributed by atoms with E-state index in [2.05, 4.69) is 5.32 Å². The molecule has 0 fully saturated rings. The Balaban J connectivity index is 1.97. The Labute approximate surface area is 137 Å². The van der Waals surface area contributed by atoms with Crippen LogP contribution in [0.5, 0.6) is 0 Å². The van der Waals surface area contributed by atoms with Gasteiger partial charge in [0.15, 0.2) is 0 Å². The summed E-state index contributed by atoms with van der Waals surface area (Å²) in [6.45, 7) is 1.09. The first-order chi connectivity index (χ1) is 11.2. The lowest BCUT2D eigenvalue weighted by Gasteiger charge is -2.18. The quantitative estimate of drug-likeness (QED) is 0.733. The number of nitrogens with one attached hydrogen (secondary N) is 1. The number of anilines is 2. The molecular weight excluding hydrogens is 288 g/mol. The molecule has 2 aromatic carbocycles. The lowest BCUT2D eigenvalue weighted by atomic mass is 10.1. The summed E-state index contributed by atoms with van der Waals surface area (Å²) in [5.41, 5.74) is 2.48. The summed E-state index contributed by atoms with van der Waals surface area (Å²) < 4.78 is 0. The fraction of sp³-hybridized carbons (Fsp3) is 0.316. The minimum absolute atomic E-state index is 0.0277. The number of aliphatic hydroxyl groups is 1. The van der Waals surface area contributed by atoms with E-state index in [1.165, 1.54) is 0 Å². The maximum Gasteiger partial charge on any atom is 0.258 e. The average molecular weight is 312 g/mol. The fourth-order valence-electron chi connectivity index (χ4n) is 2.37. The molecule has 0 saturated heterocycles. The number of nitrogens with zero attached hydrogens (tertiary/aromatic N) is 1. The van der Waals surface area contributed by atoms with Gasteiger partial charge in [0.25, 0.3) is 5.91 Å². The van der Waals surface area contributed by atoms with E-state index in [4.69, 9.17) is 5.11 Å². The molecule has 122 valence electrons. The molecule has 0 radical (unpaired) electrons. The number of unbranched alkanes of at least 4 members (excludes halogenated alkanes) is 2. The SMILES string of the molecule is CN(C(=O)c1cccc(NCCCCCO)c1)c1ccccc1. The summed E-state index contributed by atoms with van der Waals surface area (Å²) in [5.74, 6) is -0.0277. The van der Waals surface area contributed by atoms with E-state index in [-0.39, 0.29) is 12.5 Å². The van der Waals surface area contributed by atoms with Crippen molar-refractivity contribution in [2.75, 3.05) is 30.4 Å². The topological polar surface area (TPSA) is 52.6 Å². The van der Waals surface area contributed by atoms with Gasteiger partial charge in [-0.15, -0.1) is 0 Å². The van der Waals surface area contributed by atoms with Crippen molar-refractivity contribution in [3.8, 4) is 0 Å². The van der Waals surface area contributed by atoms with Gasteiger partial charge in [0, 0.05) is 37.1 Å². The Morgan fingerprint density at radius 2 is 1.83 bits per heavy atom. The van der Waals surface area contributed by atoms with E-state index in [1.54, 1.807) is 11.9 Å². The van der Waals surface area contributed by atoms with Gasteiger partial charge < -0.3 is 15.3 Å². The zero-order valence-corrected chi connectivity index (χ0v) is 13.5. The summed E-state index contributed by atoms with van der Waals surface area (Å²) in [5, 5.41) is 12.1. The fourth-order valence-corrected chi connectivity index (χ4v) is 2.37. The first kappa shape index (κ1) is 17.0. The molecule has 0 bridgehead atoms. The molecule has 0 aliphatic carbocycles. The molecule has 2 aromatic rings. The molecule has 0 spiro atoms. The van der Waals surface area contributed by atoms with Gasteiger partial charge in [0.2, 0.25) is 0 Å². The van der Waals surface area contributed by atoms with E-state index in [0.717, 1.165) is 37.2 Å². The van der Waals surface area contributed by atoms with Crippen LogP contribution < -0.4 is 10.2 Å². The van der Waals surface area contributed by atoms with Gasteiger partial charge in [0.1, 0.15) is 0 Å². The standard InChI is InChI=1S/C19H24N2O2/c1-21(18-11-4-2-5-12-18)19(23)16-9-8-10-17(15-16)20-13-6-3-7-14-22/h2,4-5,8-12,15,20,22H,3,6-7,13-14H2,1H3. The average Bonchev–Trinajstić information content (AvgIpc) is 2.61. The number of amides is 1. The molecule has 4 heteroatoms. The van der Waals surface area contributed by atoms with Crippen molar-refractivity contribution in [2.45, 2.75) is 19.3 Å². The number of rotatable bonds is 8. The summed E-state index contributed by atoms with van der Waals surface area (Å²) in [6, 6.07) is 17.2. The van der Waals surface area contributed by atoms with Crippen LogP contribution in [0.25, 0.3) is 0 Å². The van der Waals surface area contributed by atoms with Crippen LogP contribution in [0, 0.1) is 0 Å². The number of benzene rings is 2. The molecule has 0 heterocycles. The van der Waals surface area contributed by atoms with Gasteiger partial charge in [-0.25, -0.2) is 0 Å². The predicted molar refractivity (Wildman–Crippen MR) is 95.0 cm³/mol. The Morgan fingerprint density at radius 3 is 2.57 bits per heavy atom. The first-order valence-corrected chi connectivity index (χ1v) is 8.00. The zero-order chi connectivity index (χ0) is 16.5. The van der Waals surface area contributed by atoms with E-state index < -0.39 is 0 Å². The highest BCUT2D eigenvalue weighted by Crippen LogP contribution is 2.17. The van der Waals surface area contributed by atoms with Gasteiger partial charge in [-0.05, 0) is 49.6 Å². The summed E-state index contributed by atoms with van der Waals surface area (Å²) in [6.07, 6.45) is 2.84. The second-order valence-corrected chi connectivity index (χ2v) is 5.49. The van der Waals surface area contributed by atoms with Crippen LogP contribution in [0.3, 0.4) is 0 Å². The van der Waals surface area contributed by atoms with Crippen molar-refractivity contribution >= 4 is 17.3 Å². The van der Waals surface area contributed by atoms with Crippen LogP contribution in [0.2, 0.25) is 0 Å². The third-order valence-electron chi connectivity index (χ3n) is 3.72. The predicted octanol–water partition coefficient (Wildman–Crippen LogP) is 3.54. The molecule has 2 rings (SSSR count). The van der Waals surface area contributed by atoms with Crippen LogP contribution in [0.1, 0.15) is 29.6 Å². The number of para-hydroxylation sites is 1. The number of hydrogen-bond donors (Lipinski definition) is 2. The van der Waals surface area contributed by atoms with Crippen molar-refractivity contribution in [3.05, 3.63) is 60.2 Å². The summed E-state index contributed by atoms with van der Waals surface area (Å²) >= 11 is 0. The molecule has 0 saturated carbocycles. The Bertz CT molecular complexity index is 614. The van der Waals surface area contributed by atoms with Gasteiger partial charge >= 0.3 is 0 Å². The molecule has 0 aromatic heterocycles. The number of aliphatic hydroxyl groups excluding tert-OH is 1.